The van der Waals surface area contributed by atoms with Gasteiger partial charge < -0.3 is 14.8 Å². The summed E-state index contributed by atoms with van der Waals surface area (Å²) in [6, 6.07) is 15.7. The number of aromatic nitrogens is 1. The minimum Gasteiger partial charge on any atom is -0.494 e. The van der Waals surface area contributed by atoms with E-state index in [1.807, 2.05) is 32.9 Å². The number of aromatic hydroxyl groups is 1. The van der Waals surface area contributed by atoms with E-state index in [0.29, 0.717) is 17.7 Å². The van der Waals surface area contributed by atoms with E-state index < -0.39 is 15.9 Å². The normalized spacial score (nSPS) is 11.7. The maximum absolute atomic E-state index is 12.6. The summed E-state index contributed by atoms with van der Waals surface area (Å²) in [6.45, 7) is 6.16. The van der Waals surface area contributed by atoms with Crippen molar-refractivity contribution in [1.29, 1.82) is 0 Å². The van der Waals surface area contributed by atoms with Gasteiger partial charge in [-0.2, -0.15) is 0 Å². The maximum atomic E-state index is 12.6. The van der Waals surface area contributed by atoms with E-state index in [1.165, 1.54) is 36.4 Å². The van der Waals surface area contributed by atoms with E-state index in [4.69, 9.17) is 4.74 Å². The fourth-order valence-electron chi connectivity index (χ4n) is 3.66. The number of carbonyl (C=O) groups is 1. The Kier molecular flexibility index (Phi) is 6.57. The van der Waals surface area contributed by atoms with Gasteiger partial charge in [0.25, 0.3) is 15.9 Å². The number of azo groups is 1. The molecule has 0 saturated carbocycles. The fraction of sp³-hybridized carbons (Fsp3) is 0.160. The first-order valence-electron chi connectivity index (χ1n) is 10.8. The van der Waals surface area contributed by atoms with Gasteiger partial charge >= 0.3 is 0 Å². The van der Waals surface area contributed by atoms with E-state index in [2.05, 4.69) is 19.9 Å². The zero-order valence-electron chi connectivity index (χ0n) is 19.4. The third-order valence-electron chi connectivity index (χ3n) is 5.27. The maximum Gasteiger partial charge on any atom is 0.295 e. The third-order valence-corrected chi connectivity index (χ3v) is 6.67. The van der Waals surface area contributed by atoms with Crippen molar-refractivity contribution in [1.82, 2.24) is 4.98 Å². The van der Waals surface area contributed by atoms with E-state index >= 15 is 0 Å². The Morgan fingerprint density at radius 2 is 1.74 bits per heavy atom. The molecule has 0 saturated heterocycles. The van der Waals surface area contributed by atoms with Crippen molar-refractivity contribution in [3.63, 3.8) is 0 Å². The lowest BCUT2D eigenvalue weighted by Crippen LogP contribution is -2.13. The molecule has 180 valence electrons. The van der Waals surface area contributed by atoms with Crippen LogP contribution in [0.3, 0.4) is 0 Å². The number of aromatic amines is 1. The van der Waals surface area contributed by atoms with Crippen LogP contribution in [0.5, 0.6) is 11.6 Å². The molecule has 0 bridgehead atoms. The van der Waals surface area contributed by atoms with E-state index in [0.717, 1.165) is 16.6 Å². The molecular weight excluding hydrogens is 468 g/mol. The summed E-state index contributed by atoms with van der Waals surface area (Å²) in [5.74, 6) is -0.233. The average Bonchev–Trinajstić information content (AvgIpc) is 3.13. The van der Waals surface area contributed by atoms with Crippen molar-refractivity contribution >= 4 is 38.2 Å². The molecular formula is C25H24N4O5S. The molecule has 1 aromatic heterocycles. The second kappa shape index (κ2) is 9.59. The second-order valence-corrected chi connectivity index (χ2v) is 9.60. The molecule has 0 aliphatic heterocycles. The van der Waals surface area contributed by atoms with Crippen LogP contribution in [0.4, 0.5) is 11.4 Å². The zero-order valence-corrected chi connectivity index (χ0v) is 20.2. The van der Waals surface area contributed by atoms with Gasteiger partial charge in [-0.25, -0.2) is 8.42 Å². The first-order valence-corrected chi connectivity index (χ1v) is 12.3. The number of hydrogen-bond donors (Lipinski definition) is 3. The fourth-order valence-corrected chi connectivity index (χ4v) is 4.72. The lowest BCUT2D eigenvalue weighted by atomic mass is 10.1. The quantitative estimate of drug-likeness (QED) is 0.288. The van der Waals surface area contributed by atoms with Gasteiger partial charge in [-0.3, -0.25) is 9.52 Å². The van der Waals surface area contributed by atoms with Gasteiger partial charge in [-0.1, -0.05) is 11.6 Å². The summed E-state index contributed by atoms with van der Waals surface area (Å²) >= 11 is 0. The number of fused-ring (bicyclic) bond motifs is 1. The smallest absolute Gasteiger partial charge is 0.295 e. The third kappa shape index (κ3) is 5.17. The largest absolute Gasteiger partial charge is 0.494 e. The molecule has 0 radical (unpaired) electrons. The molecule has 0 unspecified atom stereocenters. The molecule has 35 heavy (non-hydrogen) atoms. The standard InChI is InChI=1S/C25H24N4O5S/c1-4-34-19-9-11-20(12-10-19)35(32,33)29-18-7-5-17(6-8-18)24(30)28-27-23-21-14-15(2)13-16(3)22(21)26-25(23)31/h5-14,26,29,31H,4H2,1-3H3. The van der Waals surface area contributed by atoms with Crippen LogP contribution in [-0.4, -0.2) is 31.0 Å². The number of H-pyrrole nitrogens is 1. The Bertz CT molecular complexity index is 1520. The van der Waals surface area contributed by atoms with Gasteiger partial charge in [-0.05, 0) is 80.9 Å². The van der Waals surface area contributed by atoms with Gasteiger partial charge in [0, 0.05) is 16.6 Å². The number of anilines is 1. The van der Waals surface area contributed by atoms with Crippen molar-refractivity contribution in [2.45, 2.75) is 25.7 Å². The molecule has 0 atom stereocenters. The highest BCUT2D eigenvalue weighted by Crippen LogP contribution is 2.37. The number of nitrogens with zero attached hydrogens (tertiary/aromatic N) is 2. The van der Waals surface area contributed by atoms with Crippen molar-refractivity contribution in [3.8, 4) is 11.6 Å². The summed E-state index contributed by atoms with van der Waals surface area (Å²) in [4.78, 5) is 15.5. The van der Waals surface area contributed by atoms with Crippen LogP contribution in [0, 0.1) is 13.8 Å². The van der Waals surface area contributed by atoms with Gasteiger partial charge in [0.2, 0.25) is 5.88 Å². The number of sulfonamides is 1. The van der Waals surface area contributed by atoms with Crippen molar-refractivity contribution in [2.24, 2.45) is 10.2 Å². The van der Waals surface area contributed by atoms with Crippen molar-refractivity contribution in [3.05, 3.63) is 77.4 Å². The Morgan fingerprint density at radius 1 is 1.06 bits per heavy atom. The molecule has 0 spiro atoms. The Morgan fingerprint density at radius 3 is 2.40 bits per heavy atom. The first-order chi connectivity index (χ1) is 16.7. The number of carbonyl (C=O) groups excluding carboxylic acids is 1. The summed E-state index contributed by atoms with van der Waals surface area (Å²) in [7, 11) is -3.81. The molecule has 1 amide bonds. The highest BCUT2D eigenvalue weighted by molar-refractivity contribution is 7.92. The number of ether oxygens (including phenoxy) is 1. The molecule has 0 fully saturated rings. The summed E-state index contributed by atoms with van der Waals surface area (Å²) in [5, 5.41) is 18.6. The minimum atomic E-state index is -3.81. The van der Waals surface area contributed by atoms with E-state index in [1.54, 1.807) is 12.1 Å². The van der Waals surface area contributed by atoms with Crippen LogP contribution in [0.25, 0.3) is 10.9 Å². The van der Waals surface area contributed by atoms with Gasteiger partial charge in [0.1, 0.15) is 5.75 Å². The van der Waals surface area contributed by atoms with Crippen molar-refractivity contribution in [2.75, 3.05) is 11.3 Å². The average molecular weight is 493 g/mol. The van der Waals surface area contributed by atoms with Crippen LogP contribution in [0.2, 0.25) is 0 Å². The van der Waals surface area contributed by atoms with Crippen LogP contribution >= 0.6 is 0 Å². The van der Waals surface area contributed by atoms with Gasteiger partial charge in [0.05, 0.1) is 17.0 Å². The summed E-state index contributed by atoms with van der Waals surface area (Å²) in [6.07, 6.45) is 0. The van der Waals surface area contributed by atoms with Crippen LogP contribution in [-0.2, 0) is 10.0 Å². The molecule has 9 nitrogen and oxygen atoms in total. The molecule has 10 heteroatoms. The Labute approximate surface area is 202 Å². The van der Waals surface area contributed by atoms with Crippen LogP contribution < -0.4 is 9.46 Å². The highest BCUT2D eigenvalue weighted by atomic mass is 32.2. The predicted octanol–water partition coefficient (Wildman–Crippen LogP) is 5.61. The number of hydrogen-bond acceptors (Lipinski definition) is 6. The molecule has 3 aromatic carbocycles. The summed E-state index contributed by atoms with van der Waals surface area (Å²) < 4.78 is 33.1. The highest BCUT2D eigenvalue weighted by Gasteiger charge is 2.16. The molecule has 0 aliphatic carbocycles. The molecule has 1 heterocycles. The molecule has 4 rings (SSSR count). The number of rotatable bonds is 7. The molecule has 0 aliphatic rings. The Hall–Kier alpha value is -4.18. The Balaban J connectivity index is 1.49. The van der Waals surface area contributed by atoms with Crippen LogP contribution in [0.1, 0.15) is 28.4 Å². The number of benzene rings is 3. The predicted molar refractivity (Wildman–Crippen MR) is 133 cm³/mol. The topological polar surface area (TPSA) is 133 Å². The van der Waals surface area contributed by atoms with E-state index in [9.17, 15) is 18.3 Å². The monoisotopic (exact) mass is 492 g/mol. The van der Waals surface area contributed by atoms with Crippen LogP contribution in [0.15, 0.2) is 75.8 Å². The number of nitrogens with one attached hydrogen (secondary N) is 2. The number of amides is 1. The molecule has 3 N–H and O–H groups in total. The number of aryl methyl sites for hydroxylation is 2. The molecule has 4 aromatic rings. The first kappa shape index (κ1) is 24.0. The van der Waals surface area contributed by atoms with E-state index in [-0.39, 0.29) is 27.7 Å². The SMILES string of the molecule is CCOc1ccc(S(=O)(=O)Nc2ccc(C(=O)N=Nc3c(O)[nH]c4c(C)cc(C)cc34)cc2)cc1. The van der Waals surface area contributed by atoms with Crippen molar-refractivity contribution < 1.29 is 23.1 Å². The zero-order chi connectivity index (χ0) is 25.2. The van der Waals surface area contributed by atoms with Gasteiger partial charge in [0.15, 0.2) is 5.69 Å². The lowest BCUT2D eigenvalue weighted by molar-refractivity contribution is 0.0995. The minimum absolute atomic E-state index is 0.0823. The lowest BCUT2D eigenvalue weighted by Gasteiger charge is -2.09. The van der Waals surface area contributed by atoms with Gasteiger partial charge in [-0.15, -0.1) is 10.2 Å². The second-order valence-electron chi connectivity index (χ2n) is 7.92. The summed E-state index contributed by atoms with van der Waals surface area (Å²) in [5.41, 5.74) is 3.32.